The number of aryl methyl sites for hydroxylation is 1. The predicted molar refractivity (Wildman–Crippen MR) is 65.5 cm³/mol. The van der Waals surface area contributed by atoms with Gasteiger partial charge in [-0.1, -0.05) is 0 Å². The number of benzene rings is 1. The van der Waals surface area contributed by atoms with Gasteiger partial charge >= 0.3 is 0 Å². The van der Waals surface area contributed by atoms with E-state index in [9.17, 15) is 17.2 Å². The lowest BCUT2D eigenvalue weighted by molar-refractivity contribution is 0.577. The molecule has 0 aliphatic carbocycles. The third-order valence-corrected chi connectivity index (χ3v) is 3.65. The average molecular weight is 307 g/mol. The zero-order valence-electron chi connectivity index (χ0n) is 9.77. The number of hydrogen-bond acceptors (Lipinski definition) is 3. The molecule has 0 saturated carbocycles. The quantitative estimate of drug-likeness (QED) is 0.819. The molecule has 0 radical (unpaired) electrons. The Bertz CT molecular complexity index is 708. The van der Waals surface area contributed by atoms with Gasteiger partial charge in [0.05, 0.1) is 0 Å². The summed E-state index contributed by atoms with van der Waals surface area (Å²) in [6.45, 7) is 1.67. The highest BCUT2D eigenvalue weighted by atomic mass is 35.7. The molecule has 0 aliphatic heterocycles. The third kappa shape index (κ3) is 3.30. The Labute approximate surface area is 113 Å². The lowest BCUT2D eigenvalue weighted by Crippen LogP contribution is -2.01. The maximum atomic E-state index is 13.0. The Morgan fingerprint density at radius 3 is 2.32 bits per heavy atom. The van der Waals surface area contributed by atoms with E-state index in [-0.39, 0.29) is 11.6 Å². The molecule has 2 rings (SSSR count). The molecule has 8 heteroatoms. The minimum Gasteiger partial charge on any atom is -0.329 e. The minimum absolute atomic E-state index is 0.0971. The summed E-state index contributed by atoms with van der Waals surface area (Å²) in [5.74, 6) is -1.01. The molecule has 0 amide bonds. The molecule has 0 bridgehead atoms. The second kappa shape index (κ2) is 4.90. The van der Waals surface area contributed by atoms with E-state index in [4.69, 9.17) is 10.7 Å². The molecular formula is C11H9ClF2N2O2S. The molecular weight excluding hydrogens is 298 g/mol. The highest BCUT2D eigenvalue weighted by Crippen LogP contribution is 2.16. The van der Waals surface area contributed by atoms with Crippen LogP contribution in [0, 0.1) is 18.6 Å². The maximum absolute atomic E-state index is 13.0. The van der Waals surface area contributed by atoms with Crippen molar-refractivity contribution in [3.8, 4) is 0 Å². The van der Waals surface area contributed by atoms with Gasteiger partial charge in [-0.05, 0) is 24.6 Å². The summed E-state index contributed by atoms with van der Waals surface area (Å²) in [7, 11) is 1.25. The van der Waals surface area contributed by atoms with Crippen LogP contribution < -0.4 is 0 Å². The van der Waals surface area contributed by atoms with Gasteiger partial charge in [0.25, 0.3) is 9.05 Å². The van der Waals surface area contributed by atoms with Crippen molar-refractivity contribution < 1.29 is 17.2 Å². The summed E-state index contributed by atoms with van der Waals surface area (Å²) < 4.78 is 49.8. The van der Waals surface area contributed by atoms with Gasteiger partial charge in [-0.2, -0.15) is 0 Å². The van der Waals surface area contributed by atoms with E-state index in [1.807, 2.05) is 0 Å². The van der Waals surface area contributed by atoms with E-state index >= 15 is 0 Å². The zero-order valence-corrected chi connectivity index (χ0v) is 11.3. The van der Waals surface area contributed by atoms with Crippen LogP contribution in [0.4, 0.5) is 8.78 Å². The van der Waals surface area contributed by atoms with Crippen molar-refractivity contribution in [1.82, 2.24) is 9.55 Å². The zero-order chi connectivity index (χ0) is 14.2. The Balaban J connectivity index is 2.36. The topological polar surface area (TPSA) is 52.0 Å². The molecule has 0 unspecified atom stereocenters. The van der Waals surface area contributed by atoms with Crippen molar-refractivity contribution in [3.63, 3.8) is 0 Å². The van der Waals surface area contributed by atoms with Gasteiger partial charge in [-0.15, -0.1) is 0 Å². The molecule has 0 fully saturated rings. The van der Waals surface area contributed by atoms with Crippen molar-refractivity contribution in [3.05, 3.63) is 47.4 Å². The van der Waals surface area contributed by atoms with E-state index < -0.39 is 20.7 Å². The van der Waals surface area contributed by atoms with Crippen LogP contribution >= 0.6 is 10.7 Å². The fourth-order valence-electron chi connectivity index (χ4n) is 1.66. The van der Waals surface area contributed by atoms with Gasteiger partial charge in [0.15, 0.2) is 5.03 Å². The van der Waals surface area contributed by atoms with Gasteiger partial charge in [0.1, 0.15) is 17.5 Å². The monoisotopic (exact) mass is 306 g/mol. The fraction of sp³-hybridized carbons (Fsp3) is 0.182. The SMILES string of the molecule is Cc1nc(S(=O)(=O)Cl)cn1Cc1cc(F)cc(F)c1. The highest BCUT2D eigenvalue weighted by molar-refractivity contribution is 8.13. The summed E-state index contributed by atoms with van der Waals surface area (Å²) >= 11 is 0. The van der Waals surface area contributed by atoms with Crippen LogP contribution in [0.2, 0.25) is 0 Å². The number of nitrogens with zero attached hydrogens (tertiary/aromatic N) is 2. The van der Waals surface area contributed by atoms with Crippen molar-refractivity contribution in [1.29, 1.82) is 0 Å². The normalized spacial score (nSPS) is 11.8. The fourth-order valence-corrected chi connectivity index (χ4v) is 2.37. The van der Waals surface area contributed by atoms with Crippen LogP contribution in [0.3, 0.4) is 0 Å². The number of hydrogen-bond donors (Lipinski definition) is 0. The molecule has 0 atom stereocenters. The molecule has 1 heterocycles. The Morgan fingerprint density at radius 1 is 1.26 bits per heavy atom. The van der Waals surface area contributed by atoms with Gasteiger partial charge in [-0.25, -0.2) is 22.2 Å². The lowest BCUT2D eigenvalue weighted by Gasteiger charge is -2.05. The van der Waals surface area contributed by atoms with Gasteiger partial charge in [0, 0.05) is 29.5 Å². The number of halogens is 3. The smallest absolute Gasteiger partial charge is 0.280 e. The Hall–Kier alpha value is -1.47. The van der Waals surface area contributed by atoms with Crippen molar-refractivity contribution in [2.24, 2.45) is 0 Å². The van der Waals surface area contributed by atoms with Gasteiger partial charge in [0.2, 0.25) is 0 Å². The largest absolute Gasteiger partial charge is 0.329 e. The molecule has 0 aliphatic rings. The van der Waals surface area contributed by atoms with E-state index in [0.29, 0.717) is 11.4 Å². The molecule has 4 nitrogen and oxygen atoms in total. The lowest BCUT2D eigenvalue weighted by atomic mass is 10.2. The van der Waals surface area contributed by atoms with Crippen LogP contribution in [0.1, 0.15) is 11.4 Å². The first-order valence-corrected chi connectivity index (χ1v) is 7.50. The Kier molecular flexibility index (Phi) is 3.60. The first-order chi connectivity index (χ1) is 8.75. The molecule has 102 valence electrons. The highest BCUT2D eigenvalue weighted by Gasteiger charge is 2.16. The molecule has 1 aromatic carbocycles. The summed E-state index contributed by atoms with van der Waals surface area (Å²) in [6.07, 6.45) is 1.22. The van der Waals surface area contributed by atoms with Crippen molar-refractivity contribution in [2.75, 3.05) is 0 Å². The Morgan fingerprint density at radius 2 is 1.84 bits per heavy atom. The molecule has 19 heavy (non-hydrogen) atoms. The van der Waals surface area contributed by atoms with E-state index in [1.54, 1.807) is 6.92 Å². The van der Waals surface area contributed by atoms with Crippen LogP contribution in [-0.4, -0.2) is 18.0 Å². The van der Waals surface area contributed by atoms with Crippen LogP contribution in [0.15, 0.2) is 29.4 Å². The maximum Gasteiger partial charge on any atom is 0.280 e. The summed E-state index contributed by atoms with van der Waals surface area (Å²) in [5, 5.41) is -0.288. The van der Waals surface area contributed by atoms with Crippen molar-refractivity contribution >= 4 is 19.7 Å². The third-order valence-electron chi connectivity index (χ3n) is 2.48. The second-order valence-electron chi connectivity index (χ2n) is 3.97. The molecule has 0 saturated heterocycles. The molecule has 1 aromatic heterocycles. The summed E-state index contributed by atoms with van der Waals surface area (Å²) in [4.78, 5) is 3.78. The molecule has 0 N–H and O–H groups in total. The number of rotatable bonds is 3. The minimum atomic E-state index is -3.92. The molecule has 0 spiro atoms. The predicted octanol–water partition coefficient (Wildman–Crippen LogP) is 2.45. The van der Waals surface area contributed by atoms with E-state index in [1.165, 1.54) is 10.8 Å². The second-order valence-corrected chi connectivity index (χ2v) is 6.48. The summed E-state index contributed by atoms with van der Waals surface area (Å²) in [6, 6.07) is 3.09. The first-order valence-electron chi connectivity index (χ1n) is 5.19. The van der Waals surface area contributed by atoms with Gasteiger partial charge in [-0.3, -0.25) is 0 Å². The van der Waals surface area contributed by atoms with E-state index in [2.05, 4.69) is 4.98 Å². The van der Waals surface area contributed by atoms with Crippen LogP contribution in [0.5, 0.6) is 0 Å². The molecule has 2 aromatic rings. The summed E-state index contributed by atoms with van der Waals surface area (Å²) in [5.41, 5.74) is 0.358. The van der Waals surface area contributed by atoms with Crippen LogP contribution in [0.25, 0.3) is 0 Å². The van der Waals surface area contributed by atoms with Crippen molar-refractivity contribution in [2.45, 2.75) is 18.5 Å². The number of imidazole rings is 1. The standard InChI is InChI=1S/C11H9ClF2N2O2S/c1-7-15-11(19(12,17)18)6-16(7)5-8-2-9(13)4-10(14)3-8/h2-4,6H,5H2,1H3. The van der Waals surface area contributed by atoms with E-state index in [0.717, 1.165) is 18.2 Å². The average Bonchev–Trinajstić information content (AvgIpc) is 2.58. The number of aromatic nitrogens is 2. The van der Waals surface area contributed by atoms with Crippen LogP contribution in [-0.2, 0) is 15.6 Å². The van der Waals surface area contributed by atoms with Gasteiger partial charge < -0.3 is 4.57 Å². The first kappa shape index (κ1) is 14.0.